The number of piperazine rings is 1. The van der Waals surface area contributed by atoms with E-state index in [9.17, 15) is 18.0 Å². The smallest absolute Gasteiger partial charge is 0.376 e. The topological polar surface area (TPSA) is 44.6 Å². The summed E-state index contributed by atoms with van der Waals surface area (Å²) in [5.74, 6) is -0.296. The van der Waals surface area contributed by atoms with Crippen LogP contribution in [-0.4, -0.2) is 60.9 Å². The molecule has 1 aromatic heterocycles. The summed E-state index contributed by atoms with van der Waals surface area (Å²) < 4.78 is 39.9. The number of amides is 1. The predicted octanol–water partition coefficient (Wildman–Crippen LogP) is 3.93. The van der Waals surface area contributed by atoms with Gasteiger partial charge in [-0.25, -0.2) is 0 Å². The minimum Gasteiger partial charge on any atom is -0.376 e. The number of carbonyl (C=O) groups excluding carboxylic acids is 1. The second-order valence-electron chi connectivity index (χ2n) is 7.30. The maximum absolute atomic E-state index is 13.0. The quantitative estimate of drug-likeness (QED) is 0.688. The van der Waals surface area contributed by atoms with Gasteiger partial charge in [-0.3, -0.25) is 9.48 Å². The van der Waals surface area contributed by atoms with Gasteiger partial charge in [0, 0.05) is 46.0 Å². The van der Waals surface area contributed by atoms with Crippen molar-refractivity contribution < 1.29 is 18.0 Å². The molecule has 1 amide bonds. The van der Waals surface area contributed by atoms with E-state index in [1.165, 1.54) is 6.92 Å². The Morgan fingerprint density at radius 2 is 1.80 bits per heavy atom. The van der Waals surface area contributed by atoms with Gasteiger partial charge in [-0.1, -0.05) is 23.2 Å². The van der Waals surface area contributed by atoms with Gasteiger partial charge < -0.3 is 14.7 Å². The summed E-state index contributed by atoms with van der Waals surface area (Å²) >= 11 is 12.0. The molecule has 0 N–H and O–H groups in total. The number of anilines is 2. The summed E-state index contributed by atoms with van der Waals surface area (Å²) in [4.78, 5) is 18.3. The predicted molar refractivity (Wildman–Crippen MR) is 112 cm³/mol. The molecule has 1 aliphatic heterocycles. The number of rotatable bonds is 4. The lowest BCUT2D eigenvalue weighted by Gasteiger charge is -2.36. The van der Waals surface area contributed by atoms with Crippen molar-refractivity contribution in [2.45, 2.75) is 19.6 Å². The van der Waals surface area contributed by atoms with Crippen LogP contribution in [0.5, 0.6) is 0 Å². The first-order valence-electron chi connectivity index (χ1n) is 9.28. The van der Waals surface area contributed by atoms with E-state index in [4.69, 9.17) is 23.2 Å². The number of hydrogen-bond acceptors (Lipinski definition) is 4. The molecule has 1 fully saturated rings. The van der Waals surface area contributed by atoms with E-state index in [0.717, 1.165) is 16.1 Å². The highest BCUT2D eigenvalue weighted by atomic mass is 35.5. The lowest BCUT2D eigenvalue weighted by Crippen LogP contribution is -2.49. The van der Waals surface area contributed by atoms with Crippen LogP contribution in [-0.2, 0) is 17.5 Å². The van der Waals surface area contributed by atoms with Crippen molar-refractivity contribution in [2.75, 3.05) is 50.1 Å². The molecular weight excluding hydrogens is 442 g/mol. The largest absolute Gasteiger partial charge is 0.436 e. The Labute approximate surface area is 182 Å². The van der Waals surface area contributed by atoms with E-state index < -0.39 is 16.9 Å². The number of nitrogens with zero attached hydrogens (tertiary/aromatic N) is 5. The van der Waals surface area contributed by atoms with Crippen LogP contribution >= 0.6 is 23.2 Å². The molecule has 11 heteroatoms. The summed E-state index contributed by atoms with van der Waals surface area (Å²) in [6.07, 6.45) is -4.66. The zero-order chi connectivity index (χ0) is 22.2. The van der Waals surface area contributed by atoms with Gasteiger partial charge in [-0.2, -0.15) is 18.3 Å². The van der Waals surface area contributed by atoms with Gasteiger partial charge in [0.2, 0.25) is 5.91 Å². The SMILES string of the molecule is Cc1c(Cl)c(C(F)(F)F)nn1CC(=O)N1CCN(c2ccc(Cl)c(N(C)C)c2)CC1. The number of benzene rings is 1. The molecule has 0 saturated carbocycles. The van der Waals surface area contributed by atoms with Crippen molar-refractivity contribution in [3.8, 4) is 0 Å². The van der Waals surface area contributed by atoms with Gasteiger partial charge in [0.25, 0.3) is 0 Å². The van der Waals surface area contributed by atoms with Crippen molar-refractivity contribution in [1.29, 1.82) is 0 Å². The van der Waals surface area contributed by atoms with E-state index in [2.05, 4.69) is 10.00 Å². The van der Waals surface area contributed by atoms with Crippen LogP contribution in [0.4, 0.5) is 24.5 Å². The third kappa shape index (κ3) is 4.62. The Morgan fingerprint density at radius 1 is 1.17 bits per heavy atom. The van der Waals surface area contributed by atoms with Gasteiger partial charge in [-0.05, 0) is 25.1 Å². The standard InChI is InChI=1S/C19H22Cl2F3N5O/c1-12-17(21)18(19(22,23)24)25-29(12)11-16(30)28-8-6-27(7-9-28)13-4-5-14(20)15(10-13)26(2)3/h4-5,10H,6-9,11H2,1-3H3. The van der Waals surface area contributed by atoms with Crippen LogP contribution in [0.1, 0.15) is 11.4 Å². The number of aromatic nitrogens is 2. The van der Waals surface area contributed by atoms with Crippen molar-refractivity contribution in [3.63, 3.8) is 0 Å². The second-order valence-corrected chi connectivity index (χ2v) is 8.09. The molecule has 2 heterocycles. The van der Waals surface area contributed by atoms with E-state index >= 15 is 0 Å². The Bertz CT molecular complexity index is 937. The van der Waals surface area contributed by atoms with E-state index in [0.29, 0.717) is 31.2 Å². The summed E-state index contributed by atoms with van der Waals surface area (Å²) in [7, 11) is 3.82. The maximum Gasteiger partial charge on any atom is 0.436 e. The molecule has 0 spiro atoms. The monoisotopic (exact) mass is 463 g/mol. The molecule has 1 aromatic carbocycles. The van der Waals surface area contributed by atoms with Crippen molar-refractivity contribution in [3.05, 3.63) is 39.6 Å². The van der Waals surface area contributed by atoms with Crippen LogP contribution in [0.3, 0.4) is 0 Å². The molecule has 2 aromatic rings. The minimum atomic E-state index is -4.66. The van der Waals surface area contributed by atoms with Crippen molar-refractivity contribution >= 4 is 40.5 Å². The van der Waals surface area contributed by atoms with Crippen LogP contribution < -0.4 is 9.80 Å². The molecule has 3 rings (SSSR count). The van der Waals surface area contributed by atoms with E-state index in [1.54, 1.807) is 4.90 Å². The van der Waals surface area contributed by atoms with Gasteiger partial charge in [0.1, 0.15) is 6.54 Å². The van der Waals surface area contributed by atoms with Gasteiger partial charge in [0.05, 0.1) is 21.4 Å². The van der Waals surface area contributed by atoms with Gasteiger partial charge >= 0.3 is 6.18 Å². The molecule has 164 valence electrons. The average molecular weight is 464 g/mol. The molecule has 1 saturated heterocycles. The summed E-state index contributed by atoms with van der Waals surface area (Å²) in [5.41, 5.74) is 0.853. The number of halogens is 5. The molecule has 0 unspecified atom stereocenters. The van der Waals surface area contributed by atoms with Crippen LogP contribution in [0, 0.1) is 6.92 Å². The molecule has 6 nitrogen and oxygen atoms in total. The minimum absolute atomic E-state index is 0.119. The lowest BCUT2D eigenvalue weighted by molar-refractivity contribution is -0.142. The first-order valence-corrected chi connectivity index (χ1v) is 10.0. The zero-order valence-corrected chi connectivity index (χ0v) is 18.3. The third-order valence-corrected chi connectivity index (χ3v) is 5.87. The Hall–Kier alpha value is -2.13. The lowest BCUT2D eigenvalue weighted by atomic mass is 10.2. The second kappa shape index (κ2) is 8.55. The van der Waals surface area contributed by atoms with Crippen molar-refractivity contribution in [1.82, 2.24) is 14.7 Å². The molecule has 30 heavy (non-hydrogen) atoms. The zero-order valence-electron chi connectivity index (χ0n) is 16.8. The number of carbonyl (C=O) groups is 1. The first kappa shape index (κ1) is 22.6. The molecule has 0 atom stereocenters. The summed E-state index contributed by atoms with van der Waals surface area (Å²) in [6.45, 7) is 3.25. The normalized spacial score (nSPS) is 14.9. The highest BCUT2D eigenvalue weighted by molar-refractivity contribution is 6.33. The van der Waals surface area contributed by atoms with Crippen LogP contribution in [0.25, 0.3) is 0 Å². The molecule has 1 aliphatic rings. The third-order valence-electron chi connectivity index (χ3n) is 5.10. The molecular formula is C19H22Cl2F3N5O. The fourth-order valence-electron chi connectivity index (χ4n) is 3.34. The number of hydrogen-bond donors (Lipinski definition) is 0. The first-order chi connectivity index (χ1) is 14.0. The van der Waals surface area contributed by atoms with Crippen molar-refractivity contribution in [2.24, 2.45) is 0 Å². The molecule has 0 bridgehead atoms. The van der Waals surface area contributed by atoms with Crippen LogP contribution in [0.15, 0.2) is 18.2 Å². The maximum atomic E-state index is 13.0. The molecule has 0 aliphatic carbocycles. The summed E-state index contributed by atoms with van der Waals surface area (Å²) in [6, 6.07) is 5.76. The highest BCUT2D eigenvalue weighted by Gasteiger charge is 2.38. The fraction of sp³-hybridized carbons (Fsp3) is 0.474. The average Bonchev–Trinajstić information content (AvgIpc) is 2.97. The van der Waals surface area contributed by atoms with E-state index in [-0.39, 0.29) is 18.1 Å². The molecule has 0 radical (unpaired) electrons. The fourth-order valence-corrected chi connectivity index (χ4v) is 3.87. The van der Waals surface area contributed by atoms with Gasteiger partial charge in [0.15, 0.2) is 5.69 Å². The highest BCUT2D eigenvalue weighted by Crippen LogP contribution is 2.35. The summed E-state index contributed by atoms with van der Waals surface area (Å²) in [5, 5.41) is 3.68. The van der Waals surface area contributed by atoms with Gasteiger partial charge in [-0.15, -0.1) is 0 Å². The Balaban J connectivity index is 1.65. The van der Waals surface area contributed by atoms with E-state index in [1.807, 2.05) is 37.2 Å². The Morgan fingerprint density at radius 3 is 2.33 bits per heavy atom. The Kier molecular flexibility index (Phi) is 6.43. The number of alkyl halides is 3. The van der Waals surface area contributed by atoms with Crippen LogP contribution in [0.2, 0.25) is 10.0 Å².